The van der Waals surface area contributed by atoms with E-state index in [-0.39, 0.29) is 17.7 Å². The van der Waals surface area contributed by atoms with Gasteiger partial charge in [-0.25, -0.2) is 0 Å². The van der Waals surface area contributed by atoms with Crippen LogP contribution in [0, 0.1) is 5.92 Å². The first-order chi connectivity index (χ1) is 12.1. The SMILES string of the molecule is CC(C)C1c2[nH]c3ccccc3c2CCN1C(=O)C(=O)c1ccco1. The zero-order valence-corrected chi connectivity index (χ0v) is 14.3. The zero-order chi connectivity index (χ0) is 17.6. The number of H-pyrrole nitrogens is 1. The maximum absolute atomic E-state index is 12.8. The first kappa shape index (κ1) is 15.7. The monoisotopic (exact) mass is 336 g/mol. The number of nitrogens with one attached hydrogen (secondary N) is 1. The van der Waals surface area contributed by atoms with E-state index in [1.807, 2.05) is 18.2 Å². The lowest BCUT2D eigenvalue weighted by atomic mass is 9.90. The predicted molar refractivity (Wildman–Crippen MR) is 94.3 cm³/mol. The number of furan rings is 1. The van der Waals surface area contributed by atoms with Gasteiger partial charge in [-0.05, 0) is 36.1 Å². The standard InChI is InChI=1S/C20H20N2O3/c1-12(2)18-17-14(13-6-3-4-7-15(13)21-17)9-10-22(18)20(24)19(23)16-8-5-11-25-16/h3-8,11-12,18,21H,9-10H2,1-2H3. The summed E-state index contributed by atoms with van der Waals surface area (Å²) in [5.74, 6) is -0.816. The lowest BCUT2D eigenvalue weighted by molar-refractivity contribution is -0.130. The summed E-state index contributed by atoms with van der Waals surface area (Å²) in [4.78, 5) is 30.5. The second kappa shape index (κ2) is 5.92. The summed E-state index contributed by atoms with van der Waals surface area (Å²) in [7, 11) is 0. The third-order valence-corrected chi connectivity index (χ3v) is 4.91. The first-order valence-corrected chi connectivity index (χ1v) is 8.56. The molecule has 0 spiro atoms. The lowest BCUT2D eigenvalue weighted by Crippen LogP contribution is -2.45. The maximum atomic E-state index is 12.8. The number of aromatic nitrogens is 1. The van der Waals surface area contributed by atoms with Crippen molar-refractivity contribution in [1.82, 2.24) is 9.88 Å². The molecule has 25 heavy (non-hydrogen) atoms. The molecule has 1 amide bonds. The molecule has 1 aromatic carbocycles. The van der Waals surface area contributed by atoms with Gasteiger partial charge in [0.15, 0.2) is 5.76 Å². The van der Waals surface area contributed by atoms with E-state index in [0.717, 1.165) is 17.6 Å². The van der Waals surface area contributed by atoms with Crippen molar-refractivity contribution in [3.8, 4) is 0 Å². The number of aromatic amines is 1. The maximum Gasteiger partial charge on any atom is 0.298 e. The molecule has 1 unspecified atom stereocenters. The van der Waals surface area contributed by atoms with E-state index in [1.54, 1.807) is 11.0 Å². The number of hydrogen-bond donors (Lipinski definition) is 1. The quantitative estimate of drug-likeness (QED) is 0.585. The van der Waals surface area contributed by atoms with Gasteiger partial charge < -0.3 is 14.3 Å². The fourth-order valence-electron chi connectivity index (χ4n) is 3.83. The Hall–Kier alpha value is -2.82. The number of nitrogens with zero attached hydrogens (tertiary/aromatic N) is 1. The molecule has 4 rings (SSSR count). The Balaban J connectivity index is 1.75. The smallest absolute Gasteiger partial charge is 0.298 e. The predicted octanol–water partition coefficient (Wildman–Crippen LogP) is 3.73. The number of carbonyl (C=O) groups is 2. The fourth-order valence-corrected chi connectivity index (χ4v) is 3.83. The van der Waals surface area contributed by atoms with Gasteiger partial charge in [0, 0.05) is 23.1 Å². The van der Waals surface area contributed by atoms with Gasteiger partial charge in [0.1, 0.15) is 0 Å². The van der Waals surface area contributed by atoms with Gasteiger partial charge >= 0.3 is 0 Å². The van der Waals surface area contributed by atoms with Crippen molar-refractivity contribution >= 4 is 22.6 Å². The average Bonchev–Trinajstić information content (AvgIpc) is 3.26. The highest BCUT2D eigenvalue weighted by Crippen LogP contribution is 2.38. The molecule has 5 nitrogen and oxygen atoms in total. The van der Waals surface area contributed by atoms with Gasteiger partial charge in [0.25, 0.3) is 11.7 Å². The number of benzene rings is 1. The fraction of sp³-hybridized carbons (Fsp3) is 0.300. The minimum atomic E-state index is -0.588. The van der Waals surface area contributed by atoms with E-state index in [4.69, 9.17) is 4.42 Å². The van der Waals surface area contributed by atoms with Crippen LogP contribution in [0.5, 0.6) is 0 Å². The van der Waals surface area contributed by atoms with Crippen LogP contribution < -0.4 is 0 Å². The molecule has 0 saturated heterocycles. The van der Waals surface area contributed by atoms with Crippen LogP contribution >= 0.6 is 0 Å². The van der Waals surface area contributed by atoms with Crippen LogP contribution in [0.3, 0.4) is 0 Å². The van der Waals surface area contributed by atoms with E-state index in [0.29, 0.717) is 6.54 Å². The molecular weight excluding hydrogens is 316 g/mol. The molecule has 128 valence electrons. The zero-order valence-electron chi connectivity index (χ0n) is 14.3. The number of amides is 1. The Kier molecular flexibility index (Phi) is 3.71. The molecule has 2 aromatic heterocycles. The van der Waals surface area contributed by atoms with Crippen molar-refractivity contribution in [3.63, 3.8) is 0 Å². The summed E-state index contributed by atoms with van der Waals surface area (Å²) in [5.41, 5.74) is 3.37. The summed E-state index contributed by atoms with van der Waals surface area (Å²) >= 11 is 0. The summed E-state index contributed by atoms with van der Waals surface area (Å²) < 4.78 is 5.12. The van der Waals surface area contributed by atoms with Crippen LogP contribution in [-0.4, -0.2) is 28.1 Å². The Bertz CT molecular complexity index is 937. The Morgan fingerprint density at radius 1 is 1.20 bits per heavy atom. The molecule has 0 saturated carbocycles. The van der Waals surface area contributed by atoms with Crippen LogP contribution in [0.15, 0.2) is 47.1 Å². The normalized spacial score (nSPS) is 17.1. The Morgan fingerprint density at radius 3 is 2.72 bits per heavy atom. The van der Waals surface area contributed by atoms with Gasteiger partial charge in [0.2, 0.25) is 0 Å². The highest BCUT2D eigenvalue weighted by atomic mass is 16.3. The highest BCUT2D eigenvalue weighted by molar-refractivity contribution is 6.42. The van der Waals surface area contributed by atoms with Crippen molar-refractivity contribution in [3.05, 3.63) is 59.7 Å². The molecule has 0 radical (unpaired) electrons. The van der Waals surface area contributed by atoms with Crippen molar-refractivity contribution in [2.75, 3.05) is 6.54 Å². The minimum absolute atomic E-state index is 0.0925. The number of carbonyl (C=O) groups excluding carboxylic acids is 2. The molecule has 1 aliphatic rings. The highest BCUT2D eigenvalue weighted by Gasteiger charge is 2.38. The topological polar surface area (TPSA) is 66.3 Å². The van der Waals surface area contributed by atoms with Crippen LogP contribution in [-0.2, 0) is 11.2 Å². The van der Waals surface area contributed by atoms with E-state index in [2.05, 4.69) is 24.9 Å². The summed E-state index contributed by atoms with van der Waals surface area (Å²) in [6.45, 7) is 4.68. The van der Waals surface area contributed by atoms with Gasteiger partial charge in [-0.2, -0.15) is 0 Å². The molecule has 3 aromatic rings. The van der Waals surface area contributed by atoms with Gasteiger partial charge in [-0.1, -0.05) is 32.0 Å². The molecule has 0 bridgehead atoms. The summed E-state index contributed by atoms with van der Waals surface area (Å²) in [6, 6.07) is 11.2. The number of fused-ring (bicyclic) bond motifs is 3. The van der Waals surface area contributed by atoms with Crippen molar-refractivity contribution < 1.29 is 14.0 Å². The molecule has 3 heterocycles. The van der Waals surface area contributed by atoms with Crippen molar-refractivity contribution in [2.24, 2.45) is 5.92 Å². The number of Topliss-reactive ketones (excluding diaryl/α,β-unsaturated/α-hetero) is 1. The van der Waals surface area contributed by atoms with Crippen molar-refractivity contribution in [2.45, 2.75) is 26.3 Å². The van der Waals surface area contributed by atoms with Crippen molar-refractivity contribution in [1.29, 1.82) is 0 Å². The number of para-hydroxylation sites is 1. The molecule has 1 atom stereocenters. The molecule has 1 aliphatic heterocycles. The van der Waals surface area contributed by atoms with Crippen LogP contribution in [0.4, 0.5) is 0 Å². The lowest BCUT2D eigenvalue weighted by Gasteiger charge is -2.37. The number of hydrogen-bond acceptors (Lipinski definition) is 3. The third kappa shape index (κ3) is 2.47. The van der Waals surface area contributed by atoms with E-state index >= 15 is 0 Å². The Labute approximate surface area is 145 Å². The largest absolute Gasteiger partial charge is 0.461 e. The molecule has 5 heteroatoms. The Morgan fingerprint density at radius 2 is 2.00 bits per heavy atom. The van der Waals surface area contributed by atoms with E-state index in [1.165, 1.54) is 23.3 Å². The first-order valence-electron chi connectivity index (χ1n) is 8.56. The van der Waals surface area contributed by atoms with E-state index in [9.17, 15) is 9.59 Å². The van der Waals surface area contributed by atoms with Crippen LogP contribution in [0.2, 0.25) is 0 Å². The molecule has 0 fully saturated rings. The van der Waals surface area contributed by atoms with Crippen LogP contribution in [0.25, 0.3) is 10.9 Å². The average molecular weight is 336 g/mol. The second-order valence-electron chi connectivity index (χ2n) is 6.81. The molecular formula is C20H20N2O3. The molecule has 0 aliphatic carbocycles. The summed E-state index contributed by atoms with van der Waals surface area (Å²) in [6.07, 6.45) is 2.15. The van der Waals surface area contributed by atoms with Crippen LogP contribution in [0.1, 0.15) is 41.7 Å². The third-order valence-electron chi connectivity index (χ3n) is 4.91. The van der Waals surface area contributed by atoms with Gasteiger partial charge in [-0.15, -0.1) is 0 Å². The van der Waals surface area contributed by atoms with E-state index < -0.39 is 11.7 Å². The number of rotatable bonds is 3. The van der Waals surface area contributed by atoms with Gasteiger partial charge in [-0.3, -0.25) is 9.59 Å². The summed E-state index contributed by atoms with van der Waals surface area (Å²) in [5, 5.41) is 1.20. The minimum Gasteiger partial charge on any atom is -0.461 e. The number of ketones is 1. The molecule has 1 N–H and O–H groups in total. The second-order valence-corrected chi connectivity index (χ2v) is 6.81. The van der Waals surface area contributed by atoms with Gasteiger partial charge in [0.05, 0.1) is 12.3 Å².